The van der Waals surface area contributed by atoms with Gasteiger partial charge in [-0.2, -0.15) is 0 Å². The summed E-state index contributed by atoms with van der Waals surface area (Å²) in [5, 5.41) is 0.801. The molecule has 1 atom stereocenters. The molecular weight excluding hydrogens is 301 g/mol. The minimum absolute atomic E-state index is 0.293. The summed E-state index contributed by atoms with van der Waals surface area (Å²) in [7, 11) is 0. The summed E-state index contributed by atoms with van der Waals surface area (Å²) in [6.07, 6.45) is 0.835. The highest BCUT2D eigenvalue weighted by molar-refractivity contribution is 6.31. The van der Waals surface area contributed by atoms with Gasteiger partial charge in [-0.15, -0.1) is 0 Å². The van der Waals surface area contributed by atoms with Gasteiger partial charge in [-0.3, -0.25) is 0 Å². The van der Waals surface area contributed by atoms with E-state index in [-0.39, 0.29) is 0 Å². The second kappa shape index (κ2) is 5.56. The van der Waals surface area contributed by atoms with Crippen LogP contribution in [0.4, 0.5) is 0 Å². The molecule has 0 radical (unpaired) electrons. The van der Waals surface area contributed by atoms with E-state index < -0.39 is 6.04 Å². The lowest BCUT2D eigenvalue weighted by molar-refractivity contribution is 0.297. The van der Waals surface area contributed by atoms with Crippen molar-refractivity contribution < 1.29 is 13.9 Å². The van der Waals surface area contributed by atoms with Crippen LogP contribution in [0, 0.1) is 0 Å². The van der Waals surface area contributed by atoms with Crippen LogP contribution in [0.15, 0.2) is 28.7 Å². The van der Waals surface area contributed by atoms with Crippen LogP contribution in [0.5, 0.6) is 11.5 Å². The lowest BCUT2D eigenvalue weighted by atomic mass is 10.0. The number of hydrogen-bond donors (Lipinski definition) is 1. The van der Waals surface area contributed by atoms with Crippen LogP contribution >= 0.6 is 23.2 Å². The van der Waals surface area contributed by atoms with Gasteiger partial charge in [0.15, 0.2) is 16.7 Å². The van der Waals surface area contributed by atoms with Crippen LogP contribution in [-0.2, 0) is 0 Å². The summed E-state index contributed by atoms with van der Waals surface area (Å²) < 4.78 is 16.6. The molecule has 1 aromatic carbocycles. The summed E-state index contributed by atoms with van der Waals surface area (Å²) in [6.45, 7) is 1.22. The number of hydrogen-bond acceptors (Lipinski definition) is 4. The first kappa shape index (κ1) is 13.6. The van der Waals surface area contributed by atoms with Gasteiger partial charge in [0.25, 0.3) is 0 Å². The summed E-state index contributed by atoms with van der Waals surface area (Å²) >= 11 is 12.0. The van der Waals surface area contributed by atoms with Crippen molar-refractivity contribution >= 4 is 23.2 Å². The van der Waals surface area contributed by atoms with Crippen LogP contribution in [0.3, 0.4) is 0 Å². The molecule has 0 spiro atoms. The monoisotopic (exact) mass is 313 g/mol. The van der Waals surface area contributed by atoms with E-state index >= 15 is 0 Å². The summed E-state index contributed by atoms with van der Waals surface area (Å²) in [4.78, 5) is 0. The highest BCUT2D eigenvalue weighted by Crippen LogP contribution is 2.38. The van der Waals surface area contributed by atoms with Crippen molar-refractivity contribution in [1.82, 2.24) is 0 Å². The number of ether oxygens (including phenoxy) is 2. The molecule has 4 nitrogen and oxygen atoms in total. The van der Waals surface area contributed by atoms with E-state index in [4.69, 9.17) is 42.8 Å². The molecule has 0 amide bonds. The Morgan fingerprint density at radius 3 is 2.40 bits per heavy atom. The molecule has 20 heavy (non-hydrogen) atoms. The van der Waals surface area contributed by atoms with Gasteiger partial charge in [0.05, 0.1) is 19.3 Å². The zero-order valence-corrected chi connectivity index (χ0v) is 12.1. The Bertz CT molecular complexity index is 627. The SMILES string of the molecule is NC(c1ccc(Cl)o1)c1cc2c(cc1Cl)OCCCO2. The van der Waals surface area contributed by atoms with Crippen molar-refractivity contribution in [2.24, 2.45) is 5.73 Å². The van der Waals surface area contributed by atoms with E-state index in [1.807, 2.05) is 0 Å². The number of furan rings is 1. The second-order valence-electron chi connectivity index (χ2n) is 4.49. The first-order chi connectivity index (χ1) is 9.65. The lowest BCUT2D eigenvalue weighted by Gasteiger charge is -2.15. The molecule has 2 aromatic rings. The Hall–Kier alpha value is -1.36. The molecule has 0 bridgehead atoms. The Kier molecular flexibility index (Phi) is 3.78. The maximum absolute atomic E-state index is 6.28. The quantitative estimate of drug-likeness (QED) is 0.916. The van der Waals surface area contributed by atoms with Crippen molar-refractivity contribution in [3.8, 4) is 11.5 Å². The smallest absolute Gasteiger partial charge is 0.193 e. The Balaban J connectivity index is 1.99. The highest BCUT2D eigenvalue weighted by atomic mass is 35.5. The minimum atomic E-state index is -0.507. The summed E-state index contributed by atoms with van der Waals surface area (Å²) in [5.74, 6) is 1.84. The molecule has 1 unspecified atom stereocenters. The molecule has 1 aliphatic rings. The molecule has 0 aliphatic carbocycles. The van der Waals surface area contributed by atoms with Gasteiger partial charge in [0.1, 0.15) is 5.76 Å². The summed E-state index contributed by atoms with van der Waals surface area (Å²) in [5.41, 5.74) is 6.88. The van der Waals surface area contributed by atoms with Gasteiger partial charge in [-0.25, -0.2) is 0 Å². The third-order valence-corrected chi connectivity index (χ3v) is 3.63. The van der Waals surface area contributed by atoms with Gasteiger partial charge in [0, 0.05) is 17.5 Å². The Morgan fingerprint density at radius 1 is 1.05 bits per heavy atom. The maximum Gasteiger partial charge on any atom is 0.193 e. The lowest BCUT2D eigenvalue weighted by Crippen LogP contribution is -2.12. The minimum Gasteiger partial charge on any atom is -0.490 e. The highest BCUT2D eigenvalue weighted by Gasteiger charge is 2.21. The first-order valence-electron chi connectivity index (χ1n) is 6.25. The molecule has 0 saturated carbocycles. The molecule has 1 aliphatic heterocycles. The van der Waals surface area contributed by atoms with E-state index in [1.54, 1.807) is 24.3 Å². The zero-order valence-electron chi connectivity index (χ0n) is 10.6. The molecule has 6 heteroatoms. The molecule has 2 N–H and O–H groups in total. The number of benzene rings is 1. The average molecular weight is 314 g/mol. The molecule has 2 heterocycles. The number of rotatable bonds is 2. The van der Waals surface area contributed by atoms with E-state index in [9.17, 15) is 0 Å². The van der Waals surface area contributed by atoms with Crippen LogP contribution in [0.1, 0.15) is 23.8 Å². The number of halogens is 2. The molecule has 106 valence electrons. The largest absolute Gasteiger partial charge is 0.490 e. The molecule has 0 saturated heterocycles. The van der Waals surface area contributed by atoms with E-state index in [0.29, 0.717) is 46.3 Å². The van der Waals surface area contributed by atoms with Crippen molar-refractivity contribution in [3.63, 3.8) is 0 Å². The van der Waals surface area contributed by atoms with E-state index in [2.05, 4.69) is 0 Å². The fourth-order valence-electron chi connectivity index (χ4n) is 2.09. The average Bonchev–Trinajstić information content (AvgIpc) is 2.73. The van der Waals surface area contributed by atoms with Gasteiger partial charge in [-0.05, 0) is 35.4 Å². The third-order valence-electron chi connectivity index (χ3n) is 3.10. The normalized spacial score (nSPS) is 15.8. The van der Waals surface area contributed by atoms with Crippen LogP contribution in [-0.4, -0.2) is 13.2 Å². The predicted molar refractivity (Wildman–Crippen MR) is 76.8 cm³/mol. The fourth-order valence-corrected chi connectivity index (χ4v) is 2.51. The summed E-state index contributed by atoms with van der Waals surface area (Å²) in [6, 6.07) is 6.39. The molecular formula is C14H13Cl2NO3. The van der Waals surface area contributed by atoms with Gasteiger partial charge in [0.2, 0.25) is 0 Å². The molecule has 1 aromatic heterocycles. The predicted octanol–water partition coefficient (Wildman–Crippen LogP) is 3.80. The first-order valence-corrected chi connectivity index (χ1v) is 7.00. The topological polar surface area (TPSA) is 57.6 Å². The molecule has 0 fully saturated rings. The standard InChI is InChI=1S/C14H13Cl2NO3/c15-9-7-12-11(18-4-1-5-19-12)6-8(9)14(17)10-2-3-13(16)20-10/h2-3,6-7,14H,1,4-5,17H2. The Morgan fingerprint density at radius 2 is 1.75 bits per heavy atom. The zero-order chi connectivity index (χ0) is 14.1. The van der Waals surface area contributed by atoms with Gasteiger partial charge >= 0.3 is 0 Å². The van der Waals surface area contributed by atoms with Gasteiger partial charge in [-0.1, -0.05) is 11.6 Å². The van der Waals surface area contributed by atoms with Crippen molar-refractivity contribution in [2.45, 2.75) is 12.5 Å². The van der Waals surface area contributed by atoms with Crippen LogP contribution < -0.4 is 15.2 Å². The molecule has 3 rings (SSSR count). The Labute approximate surface area is 126 Å². The van der Waals surface area contributed by atoms with Crippen LogP contribution in [0.2, 0.25) is 10.2 Å². The van der Waals surface area contributed by atoms with Crippen molar-refractivity contribution in [2.75, 3.05) is 13.2 Å². The maximum atomic E-state index is 6.28. The van der Waals surface area contributed by atoms with E-state index in [0.717, 1.165) is 6.42 Å². The third kappa shape index (κ3) is 2.59. The van der Waals surface area contributed by atoms with E-state index in [1.165, 1.54) is 0 Å². The van der Waals surface area contributed by atoms with Gasteiger partial charge < -0.3 is 19.6 Å². The van der Waals surface area contributed by atoms with Crippen molar-refractivity contribution in [1.29, 1.82) is 0 Å². The number of fused-ring (bicyclic) bond motifs is 1. The second-order valence-corrected chi connectivity index (χ2v) is 5.27. The fraction of sp³-hybridized carbons (Fsp3) is 0.286. The number of nitrogens with two attached hydrogens (primary N) is 1. The van der Waals surface area contributed by atoms with Crippen molar-refractivity contribution in [3.05, 3.63) is 45.8 Å². The van der Waals surface area contributed by atoms with Crippen LogP contribution in [0.25, 0.3) is 0 Å².